The maximum atomic E-state index is 13.9. The van der Waals surface area contributed by atoms with E-state index in [-0.39, 0.29) is 17.9 Å². The average molecular weight is 634 g/mol. The van der Waals surface area contributed by atoms with Crippen LogP contribution in [0.25, 0.3) is 0 Å². The van der Waals surface area contributed by atoms with Crippen LogP contribution in [-0.4, -0.2) is 64.2 Å². The summed E-state index contributed by atoms with van der Waals surface area (Å²) in [6.07, 6.45) is 0.390. The van der Waals surface area contributed by atoms with Gasteiger partial charge in [-0.1, -0.05) is 39.0 Å². The van der Waals surface area contributed by atoms with E-state index in [0.717, 1.165) is 5.56 Å². The Morgan fingerprint density at radius 1 is 1.04 bits per heavy atom. The lowest BCUT2D eigenvalue weighted by molar-refractivity contribution is -0.282. The van der Waals surface area contributed by atoms with Crippen LogP contribution in [0, 0.1) is 34.6 Å². The Balaban J connectivity index is 1.22. The maximum absolute atomic E-state index is 13.9. The van der Waals surface area contributed by atoms with Crippen molar-refractivity contribution in [2.75, 3.05) is 11.9 Å². The number of rotatable bonds is 9. The molecule has 2 saturated carbocycles. The van der Waals surface area contributed by atoms with Gasteiger partial charge in [0.2, 0.25) is 17.5 Å². The highest BCUT2D eigenvalue weighted by molar-refractivity contribution is 6.40. The zero-order valence-electron chi connectivity index (χ0n) is 24.6. The van der Waals surface area contributed by atoms with Crippen LogP contribution < -0.4 is 15.4 Å². The predicted octanol–water partition coefficient (Wildman–Crippen LogP) is 3.47. The quantitative estimate of drug-likeness (QED) is 0.218. The molecular formula is C31H31F4N3O7. The van der Waals surface area contributed by atoms with E-state index in [2.05, 4.69) is 15.4 Å². The van der Waals surface area contributed by atoms with Crippen molar-refractivity contribution in [2.45, 2.75) is 70.0 Å². The van der Waals surface area contributed by atoms with Crippen molar-refractivity contribution in [3.05, 3.63) is 59.2 Å². The first-order valence-electron chi connectivity index (χ1n) is 14.3. The van der Waals surface area contributed by atoms with Crippen molar-refractivity contribution >= 4 is 35.2 Å². The number of carbonyl (C=O) groups is 5. The van der Waals surface area contributed by atoms with Gasteiger partial charge in [0.05, 0.1) is 6.42 Å². The lowest BCUT2D eigenvalue weighted by Crippen LogP contribution is -2.88. The highest BCUT2D eigenvalue weighted by Crippen LogP contribution is 2.71. The normalized spacial score (nSPS) is 23.6. The number of ketones is 1. The molecule has 3 N–H and O–H groups in total. The number of benzene rings is 2. The number of likely N-dealkylation sites (tertiary alicyclic amines) is 1. The minimum absolute atomic E-state index is 0.0422. The first kappa shape index (κ1) is 31.9. The van der Waals surface area contributed by atoms with Gasteiger partial charge in [-0.3, -0.25) is 24.0 Å². The van der Waals surface area contributed by atoms with Crippen LogP contribution in [0.15, 0.2) is 30.3 Å². The molecule has 45 heavy (non-hydrogen) atoms. The molecule has 5 atom stereocenters. The second kappa shape index (κ2) is 11.5. The van der Waals surface area contributed by atoms with Gasteiger partial charge in [0.25, 0.3) is 0 Å². The Bertz CT molecular complexity index is 1580. The monoisotopic (exact) mass is 633 g/mol. The number of carboxylic acids is 1. The van der Waals surface area contributed by atoms with Crippen LogP contribution in [-0.2, 0) is 29.4 Å². The number of Topliss-reactive ketones (excluding diaryl/α,β-unsaturated/α-hetero) is 1. The molecule has 0 radical (unpaired) electrons. The number of amides is 3. The summed E-state index contributed by atoms with van der Waals surface area (Å²) in [6, 6.07) is 4.65. The van der Waals surface area contributed by atoms with Crippen molar-refractivity contribution in [2.24, 2.45) is 11.3 Å². The summed E-state index contributed by atoms with van der Waals surface area (Å²) in [5.74, 6) is -14.3. The van der Waals surface area contributed by atoms with Crippen LogP contribution in [0.2, 0.25) is 0 Å². The van der Waals surface area contributed by atoms with Gasteiger partial charge in [0, 0.05) is 35.2 Å². The van der Waals surface area contributed by atoms with Crippen molar-refractivity contribution in [1.29, 1.82) is 0 Å². The minimum Gasteiger partial charge on any atom is -0.481 e. The molecule has 3 amide bonds. The van der Waals surface area contributed by atoms with Crippen molar-refractivity contribution in [1.82, 2.24) is 10.2 Å². The third kappa shape index (κ3) is 5.39. The number of hydrogen-bond acceptors (Lipinski definition) is 6. The van der Waals surface area contributed by atoms with Crippen LogP contribution in [0.1, 0.15) is 52.0 Å². The largest absolute Gasteiger partial charge is 0.481 e. The third-order valence-corrected chi connectivity index (χ3v) is 9.11. The molecule has 5 rings (SSSR count). The van der Waals surface area contributed by atoms with Crippen molar-refractivity contribution in [3.8, 4) is 5.75 Å². The predicted molar refractivity (Wildman–Crippen MR) is 149 cm³/mol. The number of para-hydroxylation sites is 1. The molecule has 2 aliphatic carbocycles. The van der Waals surface area contributed by atoms with E-state index in [1.807, 2.05) is 32.9 Å². The molecule has 14 heteroatoms. The summed E-state index contributed by atoms with van der Waals surface area (Å²) in [5.41, 5.74) is 0.446. The molecule has 0 bridgehead atoms. The molecule has 1 saturated heterocycles. The Hall–Kier alpha value is -4.49. The highest BCUT2D eigenvalue weighted by Gasteiger charge is 2.78. The Morgan fingerprint density at radius 2 is 1.69 bits per heavy atom. The molecular weight excluding hydrogens is 602 g/mol. The summed E-state index contributed by atoms with van der Waals surface area (Å²) in [4.78, 5) is 65.1. The molecule has 2 aromatic carbocycles. The third-order valence-electron chi connectivity index (χ3n) is 9.11. The summed E-state index contributed by atoms with van der Waals surface area (Å²) in [6.45, 7) is 4.74. The van der Waals surface area contributed by atoms with E-state index < -0.39 is 101 Å². The zero-order chi connectivity index (χ0) is 33.0. The van der Waals surface area contributed by atoms with Gasteiger partial charge >= 0.3 is 17.8 Å². The molecule has 4 unspecified atom stereocenters. The van der Waals surface area contributed by atoms with E-state index in [4.69, 9.17) is 0 Å². The highest BCUT2D eigenvalue weighted by atomic mass is 19.2. The fourth-order valence-electron chi connectivity index (χ4n) is 6.83. The van der Waals surface area contributed by atoms with E-state index in [1.165, 1.54) is 4.90 Å². The number of halogens is 4. The fraction of sp³-hybridized carbons (Fsp3) is 0.452. The minimum atomic E-state index is -1.88. The summed E-state index contributed by atoms with van der Waals surface area (Å²) >= 11 is 0. The molecule has 1 heterocycles. The smallest absolute Gasteiger partial charge is 0.313 e. The number of piperidine rings is 2. The number of carbonyl (C=O) groups excluding carboxylic acids is 4. The molecule has 1 spiro atoms. The lowest BCUT2D eigenvalue weighted by atomic mass is 9.37. The number of hydrogen-bond donors (Lipinski definition) is 3. The van der Waals surface area contributed by atoms with Crippen LogP contribution in [0.3, 0.4) is 0 Å². The molecule has 1 aliphatic heterocycles. The zero-order valence-corrected chi connectivity index (χ0v) is 24.6. The van der Waals surface area contributed by atoms with Gasteiger partial charge in [-0.25, -0.2) is 8.78 Å². The second-order valence-electron chi connectivity index (χ2n) is 12.6. The topological polar surface area (TPSA) is 142 Å². The van der Waals surface area contributed by atoms with E-state index in [1.54, 1.807) is 12.1 Å². The number of nitrogens with zero attached hydrogens (tertiary/aromatic N) is 1. The Labute approximate surface area is 255 Å². The van der Waals surface area contributed by atoms with Crippen LogP contribution in [0.5, 0.6) is 5.75 Å². The number of aliphatic carboxylic acids is 1. The number of nitrogens with one attached hydrogen (secondary N) is 2. The second-order valence-corrected chi connectivity index (χ2v) is 12.6. The SMILES string of the molecule is CC(C)(C)c1ccccc1NC(=O)C(=O)N1C2CCC23C(C(=O)N[C@@H](CC(=O)O)C(=O)COc2c(F)c(F)cc(F)c2F)CC13. The number of anilines is 1. The van der Waals surface area contributed by atoms with E-state index in [9.17, 15) is 46.6 Å². The fourth-order valence-corrected chi connectivity index (χ4v) is 6.83. The molecule has 3 fully saturated rings. The molecule has 2 aromatic rings. The van der Waals surface area contributed by atoms with E-state index in [0.29, 0.717) is 18.5 Å². The van der Waals surface area contributed by atoms with Crippen LogP contribution >= 0.6 is 0 Å². The summed E-state index contributed by atoms with van der Waals surface area (Å²) in [5, 5.41) is 14.3. The van der Waals surface area contributed by atoms with Crippen LogP contribution in [0.4, 0.5) is 23.2 Å². The van der Waals surface area contributed by atoms with Gasteiger partial charge in [-0.2, -0.15) is 8.78 Å². The first-order chi connectivity index (χ1) is 21.1. The van der Waals surface area contributed by atoms with Crippen molar-refractivity contribution < 1.29 is 51.4 Å². The van der Waals surface area contributed by atoms with Gasteiger partial charge < -0.3 is 25.4 Å². The Kier molecular flexibility index (Phi) is 8.13. The number of carboxylic acid groups (broad SMARTS) is 1. The summed E-state index contributed by atoms with van der Waals surface area (Å²) < 4.78 is 59.5. The van der Waals surface area contributed by atoms with Gasteiger partial charge in [0.1, 0.15) is 12.6 Å². The van der Waals surface area contributed by atoms with E-state index >= 15 is 0 Å². The molecule has 10 nitrogen and oxygen atoms in total. The van der Waals surface area contributed by atoms with Gasteiger partial charge in [-0.15, -0.1) is 0 Å². The standard InChI is InChI=1S/C31H31F4N3O7/c1-30(2,3)14-6-4-5-7-18(14)36-28(43)29(44)38-21-8-9-31(21)15(10-22(31)38)27(42)37-19(12-23(40)41)20(39)13-45-26-24(34)16(32)11-17(33)25(26)35/h4-7,11,15,19,21-22H,8-10,12-13H2,1-3H3,(H,36,43)(H,37,42)(H,40,41)/t15?,19-,21?,22?,31?/m0/s1. The van der Waals surface area contributed by atoms with Gasteiger partial charge in [0.15, 0.2) is 23.2 Å². The maximum Gasteiger partial charge on any atom is 0.313 e. The number of ether oxygens (including phenoxy) is 1. The summed E-state index contributed by atoms with van der Waals surface area (Å²) in [7, 11) is 0. The first-order valence-corrected chi connectivity index (χ1v) is 14.3. The molecule has 0 aromatic heterocycles. The Morgan fingerprint density at radius 3 is 2.24 bits per heavy atom. The molecule has 240 valence electrons. The molecule has 3 aliphatic rings. The average Bonchev–Trinajstić information content (AvgIpc) is 2.93. The lowest BCUT2D eigenvalue weighted by Gasteiger charge is -2.78. The van der Waals surface area contributed by atoms with Crippen molar-refractivity contribution in [3.63, 3.8) is 0 Å². The van der Waals surface area contributed by atoms with Gasteiger partial charge in [-0.05, 0) is 36.3 Å².